The first-order valence-electron chi connectivity index (χ1n) is 6.30. The molecule has 0 saturated carbocycles. The van der Waals surface area contributed by atoms with E-state index in [0.29, 0.717) is 12.4 Å². The fraction of sp³-hybridized carbons (Fsp3) is 0.133. The topological polar surface area (TPSA) is 64.7 Å². The van der Waals surface area contributed by atoms with Crippen LogP contribution in [0.3, 0.4) is 0 Å². The summed E-state index contributed by atoms with van der Waals surface area (Å²) in [5.74, 6) is 0.668. The van der Waals surface area contributed by atoms with Crippen LogP contribution in [0, 0.1) is 6.92 Å². The van der Waals surface area contributed by atoms with Crippen molar-refractivity contribution < 1.29 is 0 Å². The van der Waals surface area contributed by atoms with Crippen molar-refractivity contribution in [1.29, 1.82) is 0 Å². The molecule has 0 atom stereocenters. The maximum Gasteiger partial charge on any atom is 0.188 e. The fourth-order valence-corrected chi connectivity index (χ4v) is 2.64. The highest BCUT2D eigenvalue weighted by atomic mass is 32.1. The Kier molecular flexibility index (Phi) is 3.54. The highest BCUT2D eigenvalue weighted by molar-refractivity contribution is 7.13. The molecule has 2 heterocycles. The Morgan fingerprint density at radius 2 is 2.00 bits per heavy atom. The molecule has 0 aliphatic carbocycles. The minimum absolute atomic E-state index is 0.534. The van der Waals surface area contributed by atoms with Crippen molar-refractivity contribution in [3.63, 3.8) is 0 Å². The van der Waals surface area contributed by atoms with Crippen molar-refractivity contribution in [2.75, 3.05) is 0 Å². The van der Waals surface area contributed by atoms with Gasteiger partial charge in [-0.2, -0.15) is 0 Å². The standard InChI is InChI=1S/C15H14N4S/c1-10-7-17-14(18-8-10)15-19-13(9-20-15)12-4-2-3-11(5-12)6-16/h2-5,7-9H,6,16H2,1H3. The Morgan fingerprint density at radius 3 is 2.75 bits per heavy atom. The van der Waals surface area contributed by atoms with Crippen LogP contribution < -0.4 is 5.73 Å². The van der Waals surface area contributed by atoms with Crippen LogP contribution >= 0.6 is 11.3 Å². The molecular weight excluding hydrogens is 268 g/mol. The lowest BCUT2D eigenvalue weighted by molar-refractivity contribution is 1.07. The van der Waals surface area contributed by atoms with Crippen molar-refractivity contribution >= 4 is 11.3 Å². The zero-order chi connectivity index (χ0) is 13.9. The first kappa shape index (κ1) is 12.9. The quantitative estimate of drug-likeness (QED) is 0.802. The lowest BCUT2D eigenvalue weighted by Crippen LogP contribution is -1.95. The molecule has 3 aromatic rings. The van der Waals surface area contributed by atoms with E-state index in [1.807, 2.05) is 30.5 Å². The van der Waals surface area contributed by atoms with Crippen molar-refractivity contribution in [3.8, 4) is 22.1 Å². The summed E-state index contributed by atoms with van der Waals surface area (Å²) in [6.07, 6.45) is 3.61. The minimum atomic E-state index is 0.534. The number of aromatic nitrogens is 3. The molecule has 100 valence electrons. The van der Waals surface area contributed by atoms with Crippen LogP contribution in [-0.2, 0) is 6.54 Å². The van der Waals surface area contributed by atoms with E-state index in [1.54, 1.807) is 23.7 Å². The van der Waals surface area contributed by atoms with Crippen molar-refractivity contribution in [2.24, 2.45) is 5.73 Å². The molecule has 0 bridgehead atoms. The van der Waals surface area contributed by atoms with E-state index in [0.717, 1.165) is 27.4 Å². The smallest absolute Gasteiger partial charge is 0.188 e. The number of nitrogens with two attached hydrogens (primary N) is 1. The van der Waals surface area contributed by atoms with E-state index < -0.39 is 0 Å². The van der Waals surface area contributed by atoms with Gasteiger partial charge in [-0.25, -0.2) is 15.0 Å². The second kappa shape index (κ2) is 5.48. The van der Waals surface area contributed by atoms with Gasteiger partial charge in [0.15, 0.2) is 10.8 Å². The molecule has 0 spiro atoms. The molecule has 0 aliphatic rings. The lowest BCUT2D eigenvalue weighted by atomic mass is 10.1. The molecule has 0 amide bonds. The van der Waals surface area contributed by atoms with Gasteiger partial charge in [-0.15, -0.1) is 11.3 Å². The molecule has 3 rings (SSSR count). The van der Waals surface area contributed by atoms with Gasteiger partial charge in [0.1, 0.15) is 0 Å². The first-order valence-corrected chi connectivity index (χ1v) is 7.18. The molecule has 20 heavy (non-hydrogen) atoms. The van der Waals surface area contributed by atoms with Crippen LogP contribution in [0.1, 0.15) is 11.1 Å². The van der Waals surface area contributed by atoms with Crippen molar-refractivity contribution in [3.05, 3.63) is 53.2 Å². The highest BCUT2D eigenvalue weighted by Gasteiger charge is 2.09. The van der Waals surface area contributed by atoms with Gasteiger partial charge in [0.05, 0.1) is 5.69 Å². The molecule has 0 radical (unpaired) electrons. The molecule has 0 aliphatic heterocycles. The van der Waals surface area contributed by atoms with E-state index in [2.05, 4.69) is 21.0 Å². The largest absolute Gasteiger partial charge is 0.326 e. The predicted molar refractivity (Wildman–Crippen MR) is 81.2 cm³/mol. The van der Waals surface area contributed by atoms with E-state index >= 15 is 0 Å². The third-order valence-electron chi connectivity index (χ3n) is 2.93. The van der Waals surface area contributed by atoms with Gasteiger partial charge >= 0.3 is 0 Å². The number of nitrogens with zero attached hydrogens (tertiary/aromatic N) is 3. The monoisotopic (exact) mass is 282 g/mol. The molecule has 2 aromatic heterocycles. The summed E-state index contributed by atoms with van der Waals surface area (Å²) in [5, 5.41) is 2.85. The molecule has 2 N–H and O–H groups in total. The summed E-state index contributed by atoms with van der Waals surface area (Å²) in [7, 11) is 0. The number of aryl methyl sites for hydroxylation is 1. The third kappa shape index (κ3) is 2.59. The Labute approximate surface area is 121 Å². The molecule has 0 fully saturated rings. The van der Waals surface area contributed by atoms with Gasteiger partial charge in [-0.3, -0.25) is 0 Å². The van der Waals surface area contributed by atoms with Gasteiger partial charge in [-0.1, -0.05) is 18.2 Å². The Bertz CT molecular complexity index is 719. The number of hydrogen-bond acceptors (Lipinski definition) is 5. The van der Waals surface area contributed by atoms with Gasteiger partial charge < -0.3 is 5.73 Å². The van der Waals surface area contributed by atoms with Gasteiger partial charge in [0.2, 0.25) is 0 Å². The number of rotatable bonds is 3. The van der Waals surface area contributed by atoms with Crippen LogP contribution in [0.5, 0.6) is 0 Å². The maximum atomic E-state index is 5.67. The number of benzene rings is 1. The molecular formula is C15H14N4S. The fourth-order valence-electron chi connectivity index (χ4n) is 1.87. The Morgan fingerprint density at radius 1 is 1.20 bits per heavy atom. The normalized spacial score (nSPS) is 10.7. The van der Waals surface area contributed by atoms with Gasteiger partial charge in [-0.05, 0) is 24.1 Å². The zero-order valence-electron chi connectivity index (χ0n) is 11.1. The van der Waals surface area contributed by atoms with Crippen molar-refractivity contribution in [2.45, 2.75) is 13.5 Å². The second-order valence-electron chi connectivity index (χ2n) is 4.53. The van der Waals surface area contributed by atoms with E-state index in [4.69, 9.17) is 5.73 Å². The van der Waals surface area contributed by atoms with Crippen LogP contribution in [0.4, 0.5) is 0 Å². The molecule has 0 saturated heterocycles. The SMILES string of the molecule is Cc1cnc(-c2nc(-c3cccc(CN)c3)cs2)nc1. The summed E-state index contributed by atoms with van der Waals surface area (Å²) < 4.78 is 0. The van der Waals surface area contributed by atoms with E-state index in [1.165, 1.54) is 0 Å². The average molecular weight is 282 g/mol. The maximum absolute atomic E-state index is 5.67. The summed E-state index contributed by atoms with van der Waals surface area (Å²) in [6, 6.07) is 8.11. The molecule has 5 heteroatoms. The first-order chi connectivity index (χ1) is 9.76. The molecule has 0 unspecified atom stereocenters. The second-order valence-corrected chi connectivity index (χ2v) is 5.38. The van der Waals surface area contributed by atoms with Gasteiger partial charge in [0, 0.05) is 29.9 Å². The van der Waals surface area contributed by atoms with Crippen LogP contribution in [0.2, 0.25) is 0 Å². The third-order valence-corrected chi connectivity index (χ3v) is 3.77. The molecule has 4 nitrogen and oxygen atoms in total. The summed E-state index contributed by atoms with van der Waals surface area (Å²) in [4.78, 5) is 13.2. The summed E-state index contributed by atoms with van der Waals surface area (Å²) in [5.41, 5.74) is 9.82. The van der Waals surface area contributed by atoms with Crippen molar-refractivity contribution in [1.82, 2.24) is 15.0 Å². The molecule has 1 aromatic carbocycles. The Balaban J connectivity index is 1.95. The lowest BCUT2D eigenvalue weighted by Gasteiger charge is -2.00. The summed E-state index contributed by atoms with van der Waals surface area (Å²) in [6.45, 7) is 2.50. The zero-order valence-corrected chi connectivity index (χ0v) is 11.9. The average Bonchev–Trinajstić information content (AvgIpc) is 2.98. The number of hydrogen-bond donors (Lipinski definition) is 1. The van der Waals surface area contributed by atoms with Crippen LogP contribution in [0.25, 0.3) is 22.1 Å². The van der Waals surface area contributed by atoms with E-state index in [9.17, 15) is 0 Å². The van der Waals surface area contributed by atoms with Gasteiger partial charge in [0.25, 0.3) is 0 Å². The minimum Gasteiger partial charge on any atom is -0.326 e. The number of thiazole rings is 1. The predicted octanol–water partition coefficient (Wildman–Crippen LogP) is 3.03. The van der Waals surface area contributed by atoms with Crippen LogP contribution in [-0.4, -0.2) is 15.0 Å². The highest BCUT2D eigenvalue weighted by Crippen LogP contribution is 2.27. The Hall–Kier alpha value is -2.11. The van der Waals surface area contributed by atoms with E-state index in [-0.39, 0.29) is 0 Å². The van der Waals surface area contributed by atoms with Crippen LogP contribution in [0.15, 0.2) is 42.0 Å². The summed E-state index contributed by atoms with van der Waals surface area (Å²) >= 11 is 1.55.